The number of esters is 1. The lowest BCUT2D eigenvalue weighted by atomic mass is 10.1. The summed E-state index contributed by atoms with van der Waals surface area (Å²) in [5.41, 5.74) is 3.37. The summed E-state index contributed by atoms with van der Waals surface area (Å²) in [4.78, 5) is 41.0. The molecule has 0 spiro atoms. The average molecular weight is 554 g/mol. The van der Waals surface area contributed by atoms with Gasteiger partial charge in [0.15, 0.2) is 6.61 Å². The molecule has 3 aromatic carbocycles. The molecule has 2 amide bonds. The van der Waals surface area contributed by atoms with E-state index in [1.807, 2.05) is 19.1 Å². The number of hydrogen-bond donors (Lipinski definition) is 1. The van der Waals surface area contributed by atoms with E-state index in [2.05, 4.69) is 24.1 Å². The smallest absolute Gasteiger partial charge is 0.338 e. The van der Waals surface area contributed by atoms with Crippen LogP contribution in [0.15, 0.2) is 72.8 Å². The molecule has 0 aliphatic carbocycles. The number of likely N-dealkylation sites (N-methyl/N-ethyl adjacent to an activating group) is 1. The predicted octanol–water partition coefficient (Wildman–Crippen LogP) is 5.21. The van der Waals surface area contributed by atoms with Crippen LogP contribution in [0.5, 0.6) is 5.75 Å². The largest absolute Gasteiger partial charge is 0.484 e. The summed E-state index contributed by atoms with van der Waals surface area (Å²) in [6.07, 6.45) is 0. The molecule has 39 heavy (non-hydrogen) atoms. The lowest BCUT2D eigenvalue weighted by Crippen LogP contribution is -2.27. The normalized spacial score (nSPS) is 10.4. The first-order valence-corrected chi connectivity index (χ1v) is 12.7. The predicted molar refractivity (Wildman–Crippen MR) is 156 cm³/mol. The SMILES string of the molecule is CCN(CC)CCOC(=O)c1ccc(NC(=O)COc2ccc(N(C)C(=O)c3ccc(C)cc3)cc2)cc1.Cl. The zero-order chi connectivity index (χ0) is 27.5. The van der Waals surface area contributed by atoms with Crippen LogP contribution in [0.1, 0.15) is 40.1 Å². The number of nitrogens with zero attached hydrogens (tertiary/aromatic N) is 2. The Morgan fingerprint density at radius 2 is 1.41 bits per heavy atom. The molecule has 208 valence electrons. The van der Waals surface area contributed by atoms with Crippen LogP contribution >= 0.6 is 12.4 Å². The summed E-state index contributed by atoms with van der Waals surface area (Å²) >= 11 is 0. The molecule has 3 rings (SSSR count). The second kappa shape index (κ2) is 15.5. The molecule has 0 bridgehead atoms. The van der Waals surface area contributed by atoms with Crippen LogP contribution < -0.4 is 15.0 Å². The van der Waals surface area contributed by atoms with Crippen molar-refractivity contribution in [3.63, 3.8) is 0 Å². The van der Waals surface area contributed by atoms with E-state index in [1.165, 1.54) is 0 Å². The lowest BCUT2D eigenvalue weighted by molar-refractivity contribution is -0.118. The van der Waals surface area contributed by atoms with Gasteiger partial charge in [0.1, 0.15) is 12.4 Å². The topological polar surface area (TPSA) is 88.2 Å². The zero-order valence-corrected chi connectivity index (χ0v) is 23.6. The van der Waals surface area contributed by atoms with Gasteiger partial charge in [-0.3, -0.25) is 9.59 Å². The number of carbonyl (C=O) groups excluding carboxylic acids is 3. The number of halogens is 1. The van der Waals surface area contributed by atoms with Gasteiger partial charge in [0.25, 0.3) is 11.8 Å². The van der Waals surface area contributed by atoms with Crippen molar-refractivity contribution in [2.75, 3.05) is 50.1 Å². The summed E-state index contributed by atoms with van der Waals surface area (Å²) in [7, 11) is 1.71. The fraction of sp³-hybridized carbons (Fsp3) is 0.300. The van der Waals surface area contributed by atoms with Crippen LogP contribution in [0.4, 0.5) is 11.4 Å². The maximum Gasteiger partial charge on any atom is 0.338 e. The second-order valence-corrected chi connectivity index (χ2v) is 8.80. The van der Waals surface area contributed by atoms with Gasteiger partial charge in [-0.05, 0) is 80.7 Å². The van der Waals surface area contributed by atoms with Crippen LogP contribution in [0.3, 0.4) is 0 Å². The van der Waals surface area contributed by atoms with Gasteiger partial charge in [-0.25, -0.2) is 4.79 Å². The van der Waals surface area contributed by atoms with Crippen LogP contribution in [0.25, 0.3) is 0 Å². The van der Waals surface area contributed by atoms with E-state index in [1.54, 1.807) is 72.6 Å². The quantitative estimate of drug-likeness (QED) is 0.310. The number of rotatable bonds is 12. The lowest BCUT2D eigenvalue weighted by Gasteiger charge is -2.18. The van der Waals surface area contributed by atoms with Crippen molar-refractivity contribution >= 4 is 41.6 Å². The molecule has 0 saturated carbocycles. The highest BCUT2D eigenvalue weighted by molar-refractivity contribution is 6.05. The van der Waals surface area contributed by atoms with E-state index in [4.69, 9.17) is 9.47 Å². The monoisotopic (exact) mass is 553 g/mol. The molecule has 0 radical (unpaired) electrons. The van der Waals surface area contributed by atoms with Gasteiger partial charge in [0.05, 0.1) is 5.56 Å². The first-order chi connectivity index (χ1) is 18.3. The number of anilines is 2. The number of carbonyl (C=O) groups is 3. The number of ether oxygens (including phenoxy) is 2. The Labute approximate surface area is 236 Å². The molecule has 0 unspecified atom stereocenters. The van der Waals surface area contributed by atoms with Gasteiger partial charge in [0, 0.05) is 30.5 Å². The third kappa shape index (κ3) is 9.42. The highest BCUT2D eigenvalue weighted by atomic mass is 35.5. The van der Waals surface area contributed by atoms with Crippen molar-refractivity contribution in [2.45, 2.75) is 20.8 Å². The van der Waals surface area contributed by atoms with E-state index in [9.17, 15) is 14.4 Å². The van der Waals surface area contributed by atoms with Gasteiger partial charge in [-0.1, -0.05) is 31.5 Å². The molecule has 1 N–H and O–H groups in total. The third-order valence-corrected chi connectivity index (χ3v) is 6.14. The summed E-state index contributed by atoms with van der Waals surface area (Å²) < 4.78 is 10.9. The third-order valence-electron chi connectivity index (χ3n) is 6.14. The number of benzene rings is 3. The second-order valence-electron chi connectivity index (χ2n) is 8.80. The maximum atomic E-state index is 12.7. The molecule has 0 saturated heterocycles. The van der Waals surface area contributed by atoms with Crippen molar-refractivity contribution in [1.82, 2.24) is 4.90 Å². The van der Waals surface area contributed by atoms with Crippen molar-refractivity contribution in [3.05, 3.63) is 89.5 Å². The van der Waals surface area contributed by atoms with Crippen molar-refractivity contribution < 1.29 is 23.9 Å². The van der Waals surface area contributed by atoms with E-state index < -0.39 is 5.97 Å². The average Bonchev–Trinajstić information content (AvgIpc) is 2.94. The van der Waals surface area contributed by atoms with Gasteiger partial charge in [-0.15, -0.1) is 12.4 Å². The molecule has 0 fully saturated rings. The minimum atomic E-state index is -0.395. The van der Waals surface area contributed by atoms with Gasteiger partial charge < -0.3 is 24.6 Å². The van der Waals surface area contributed by atoms with Gasteiger partial charge >= 0.3 is 5.97 Å². The van der Waals surface area contributed by atoms with Crippen molar-refractivity contribution in [2.24, 2.45) is 0 Å². The first-order valence-electron chi connectivity index (χ1n) is 12.7. The highest BCUT2D eigenvalue weighted by Crippen LogP contribution is 2.20. The number of nitrogens with one attached hydrogen (secondary N) is 1. The Kier molecular flexibility index (Phi) is 12.5. The highest BCUT2D eigenvalue weighted by Gasteiger charge is 2.14. The number of aryl methyl sites for hydroxylation is 1. The molecule has 0 aliphatic heterocycles. The minimum absolute atomic E-state index is 0. The van der Waals surface area contributed by atoms with Gasteiger partial charge in [0.2, 0.25) is 0 Å². The zero-order valence-electron chi connectivity index (χ0n) is 22.8. The summed E-state index contributed by atoms with van der Waals surface area (Å²) in [6, 6.07) is 20.9. The Hall–Kier alpha value is -3.88. The van der Waals surface area contributed by atoms with E-state index in [0.29, 0.717) is 41.4 Å². The Morgan fingerprint density at radius 3 is 2.00 bits per heavy atom. The molecule has 3 aromatic rings. The number of amides is 2. The minimum Gasteiger partial charge on any atom is -0.484 e. The molecule has 0 atom stereocenters. The standard InChI is InChI=1S/C30H35N3O5.ClH/c1-5-33(6-2)19-20-37-30(36)24-11-13-25(14-12-24)31-28(34)21-38-27-17-15-26(16-18-27)32(4)29(35)23-9-7-22(3)8-10-23;/h7-18H,5-6,19-21H2,1-4H3,(H,31,34);1H. The summed E-state index contributed by atoms with van der Waals surface area (Å²) in [6.45, 7) is 8.75. The van der Waals surface area contributed by atoms with Crippen molar-refractivity contribution in [1.29, 1.82) is 0 Å². The van der Waals surface area contributed by atoms with Crippen LogP contribution in [0, 0.1) is 6.92 Å². The summed E-state index contributed by atoms with van der Waals surface area (Å²) in [5.74, 6) is -0.344. The fourth-order valence-electron chi connectivity index (χ4n) is 3.70. The molecular weight excluding hydrogens is 518 g/mol. The maximum absolute atomic E-state index is 12.7. The van der Waals surface area contributed by atoms with Crippen LogP contribution in [-0.4, -0.2) is 62.6 Å². The molecule has 0 heterocycles. The van der Waals surface area contributed by atoms with Crippen molar-refractivity contribution in [3.8, 4) is 5.75 Å². The van der Waals surface area contributed by atoms with E-state index >= 15 is 0 Å². The molecular formula is C30H36ClN3O5. The molecule has 0 aliphatic rings. The van der Waals surface area contributed by atoms with E-state index in [-0.39, 0.29) is 30.8 Å². The first kappa shape index (κ1) is 31.3. The van der Waals surface area contributed by atoms with Crippen LogP contribution in [-0.2, 0) is 9.53 Å². The Morgan fingerprint density at radius 1 is 0.821 bits per heavy atom. The molecule has 9 heteroatoms. The van der Waals surface area contributed by atoms with Gasteiger partial charge in [-0.2, -0.15) is 0 Å². The van der Waals surface area contributed by atoms with Crippen LogP contribution in [0.2, 0.25) is 0 Å². The molecule has 0 aromatic heterocycles. The number of hydrogen-bond acceptors (Lipinski definition) is 6. The Balaban J connectivity index is 0.00000533. The summed E-state index contributed by atoms with van der Waals surface area (Å²) in [5, 5.41) is 2.74. The molecule has 8 nitrogen and oxygen atoms in total. The van der Waals surface area contributed by atoms with E-state index in [0.717, 1.165) is 18.7 Å². The Bertz CT molecular complexity index is 1210. The fourth-order valence-corrected chi connectivity index (χ4v) is 3.70.